The number of amides is 2. The summed E-state index contributed by atoms with van der Waals surface area (Å²) in [6.07, 6.45) is 0.582. The molecule has 146 valence electrons. The van der Waals surface area contributed by atoms with Crippen LogP contribution in [0.15, 0.2) is 0 Å². The van der Waals surface area contributed by atoms with Gasteiger partial charge in [-0.15, -0.1) is 0 Å². The van der Waals surface area contributed by atoms with E-state index < -0.39 is 17.3 Å². The molecule has 7 nitrogen and oxygen atoms in total. The summed E-state index contributed by atoms with van der Waals surface area (Å²) in [5, 5.41) is 12.4. The van der Waals surface area contributed by atoms with Crippen molar-refractivity contribution in [2.45, 2.75) is 65.6 Å². The first-order valence-corrected chi connectivity index (χ1v) is 8.97. The van der Waals surface area contributed by atoms with Gasteiger partial charge in [0.25, 0.3) is 0 Å². The second-order valence-electron chi connectivity index (χ2n) is 8.63. The summed E-state index contributed by atoms with van der Waals surface area (Å²) in [6, 6.07) is 0. The fourth-order valence-electron chi connectivity index (χ4n) is 2.77. The van der Waals surface area contributed by atoms with Crippen molar-refractivity contribution in [3.8, 4) is 0 Å². The third-order valence-electron chi connectivity index (χ3n) is 4.00. The predicted octanol–water partition coefficient (Wildman–Crippen LogP) is 2.77. The Morgan fingerprint density at radius 3 is 2.00 bits per heavy atom. The van der Waals surface area contributed by atoms with Crippen LogP contribution in [0, 0.1) is 11.8 Å². The maximum atomic E-state index is 12.2. The summed E-state index contributed by atoms with van der Waals surface area (Å²) < 4.78 is 10.7. The van der Waals surface area contributed by atoms with Crippen LogP contribution in [0.25, 0.3) is 0 Å². The van der Waals surface area contributed by atoms with E-state index in [0.29, 0.717) is 32.5 Å². The molecule has 0 unspecified atom stereocenters. The quantitative estimate of drug-likeness (QED) is 0.810. The van der Waals surface area contributed by atoms with Crippen LogP contribution in [-0.2, 0) is 9.47 Å². The fourth-order valence-corrected chi connectivity index (χ4v) is 2.77. The Hall–Kier alpha value is -1.50. The predicted molar refractivity (Wildman–Crippen MR) is 95.3 cm³/mol. The number of hydrogen-bond acceptors (Lipinski definition) is 5. The summed E-state index contributed by atoms with van der Waals surface area (Å²) in [7, 11) is 0. The van der Waals surface area contributed by atoms with Crippen molar-refractivity contribution in [1.82, 2.24) is 10.2 Å². The molecule has 0 aromatic heterocycles. The van der Waals surface area contributed by atoms with Crippen molar-refractivity contribution in [1.29, 1.82) is 0 Å². The first-order chi connectivity index (χ1) is 11.4. The number of nitrogens with one attached hydrogen (secondary N) is 1. The number of rotatable bonds is 3. The lowest BCUT2D eigenvalue weighted by atomic mass is 9.88. The summed E-state index contributed by atoms with van der Waals surface area (Å²) in [6.45, 7) is 12.5. The molecule has 25 heavy (non-hydrogen) atoms. The van der Waals surface area contributed by atoms with E-state index in [1.54, 1.807) is 4.90 Å². The van der Waals surface area contributed by atoms with Gasteiger partial charge in [0.2, 0.25) is 0 Å². The molecule has 0 spiro atoms. The number of nitrogens with zero attached hydrogens (tertiary/aromatic N) is 1. The van der Waals surface area contributed by atoms with Crippen LogP contribution in [0.3, 0.4) is 0 Å². The van der Waals surface area contributed by atoms with Crippen molar-refractivity contribution in [3.63, 3.8) is 0 Å². The summed E-state index contributed by atoms with van der Waals surface area (Å²) in [5.41, 5.74) is -1.07. The van der Waals surface area contributed by atoms with Crippen LogP contribution in [0.5, 0.6) is 0 Å². The van der Waals surface area contributed by atoms with Gasteiger partial charge in [0.05, 0.1) is 0 Å². The minimum absolute atomic E-state index is 0.0300. The van der Waals surface area contributed by atoms with E-state index in [-0.39, 0.29) is 24.5 Å². The highest BCUT2D eigenvalue weighted by molar-refractivity contribution is 5.68. The molecular weight excluding hydrogens is 324 g/mol. The molecule has 1 saturated heterocycles. The van der Waals surface area contributed by atoms with Gasteiger partial charge in [-0.05, 0) is 66.2 Å². The number of alkyl carbamates (subject to hydrolysis) is 1. The topological polar surface area (TPSA) is 88.1 Å². The third-order valence-corrected chi connectivity index (χ3v) is 4.00. The molecule has 2 atom stereocenters. The number of likely N-dealkylation sites (tertiary alicyclic amines) is 1. The second kappa shape index (κ2) is 8.74. The van der Waals surface area contributed by atoms with Gasteiger partial charge in [-0.2, -0.15) is 0 Å². The zero-order valence-corrected chi connectivity index (χ0v) is 16.4. The van der Waals surface area contributed by atoms with Gasteiger partial charge in [0, 0.05) is 26.2 Å². The lowest BCUT2D eigenvalue weighted by Crippen LogP contribution is -2.38. The van der Waals surface area contributed by atoms with Crippen LogP contribution in [-0.4, -0.2) is 59.6 Å². The minimum Gasteiger partial charge on any atom is -0.444 e. The van der Waals surface area contributed by atoms with E-state index in [1.807, 2.05) is 41.5 Å². The van der Waals surface area contributed by atoms with Gasteiger partial charge in [-0.25, -0.2) is 9.59 Å². The highest BCUT2D eigenvalue weighted by Gasteiger charge is 2.30. The van der Waals surface area contributed by atoms with Crippen molar-refractivity contribution in [3.05, 3.63) is 0 Å². The summed E-state index contributed by atoms with van der Waals surface area (Å²) >= 11 is 0. The van der Waals surface area contributed by atoms with Crippen LogP contribution in [0.1, 0.15) is 54.4 Å². The van der Waals surface area contributed by atoms with E-state index in [4.69, 9.17) is 9.47 Å². The van der Waals surface area contributed by atoms with Crippen molar-refractivity contribution in [2.75, 3.05) is 26.2 Å². The van der Waals surface area contributed by atoms with Gasteiger partial charge in [-0.1, -0.05) is 0 Å². The first-order valence-electron chi connectivity index (χ1n) is 8.97. The van der Waals surface area contributed by atoms with Gasteiger partial charge >= 0.3 is 12.2 Å². The highest BCUT2D eigenvalue weighted by atomic mass is 16.6. The molecule has 1 heterocycles. The Morgan fingerprint density at radius 2 is 1.52 bits per heavy atom. The standard InChI is InChI=1S/C18H34N2O5/c1-17(2,3)24-15(22)19-11-13-7-9-20(10-8-14(13)12-21)16(23)25-18(4,5)6/h13-14,21H,7-12H2,1-6H3,(H,19,22)/t13-,14+/m0/s1. The molecular formula is C18H34N2O5. The summed E-state index contributed by atoms with van der Waals surface area (Å²) in [5.74, 6) is 0.118. The Balaban J connectivity index is 2.58. The Bertz CT molecular complexity index is 453. The monoisotopic (exact) mass is 358 g/mol. The smallest absolute Gasteiger partial charge is 0.410 e. The normalized spacial score (nSPS) is 22.1. The van der Waals surface area contributed by atoms with E-state index in [1.165, 1.54) is 0 Å². The van der Waals surface area contributed by atoms with Crippen LogP contribution in [0.2, 0.25) is 0 Å². The van der Waals surface area contributed by atoms with E-state index in [0.717, 1.165) is 0 Å². The van der Waals surface area contributed by atoms with Gasteiger partial charge in [0.15, 0.2) is 0 Å². The Morgan fingerprint density at radius 1 is 1.00 bits per heavy atom. The highest BCUT2D eigenvalue weighted by Crippen LogP contribution is 2.25. The van der Waals surface area contributed by atoms with Crippen molar-refractivity contribution >= 4 is 12.2 Å². The molecule has 0 aliphatic carbocycles. The zero-order valence-electron chi connectivity index (χ0n) is 16.4. The molecule has 1 fully saturated rings. The van der Waals surface area contributed by atoms with Crippen molar-refractivity contribution < 1.29 is 24.2 Å². The van der Waals surface area contributed by atoms with Gasteiger partial charge < -0.3 is 24.8 Å². The lowest BCUT2D eigenvalue weighted by Gasteiger charge is -2.26. The SMILES string of the molecule is CC(C)(C)OC(=O)NC[C@@H]1CCN(C(=O)OC(C)(C)C)CC[C@@H]1CO. The van der Waals surface area contributed by atoms with Crippen LogP contribution >= 0.6 is 0 Å². The molecule has 0 radical (unpaired) electrons. The molecule has 0 saturated carbocycles. The molecule has 1 aliphatic rings. The molecule has 0 aromatic rings. The lowest BCUT2D eigenvalue weighted by molar-refractivity contribution is 0.0252. The van der Waals surface area contributed by atoms with E-state index in [9.17, 15) is 14.7 Å². The number of ether oxygens (including phenoxy) is 2. The molecule has 0 bridgehead atoms. The molecule has 1 rings (SSSR count). The average Bonchev–Trinajstić information content (AvgIpc) is 2.63. The number of carbonyl (C=O) groups is 2. The zero-order chi connectivity index (χ0) is 19.3. The molecule has 7 heteroatoms. The van der Waals surface area contributed by atoms with E-state index in [2.05, 4.69) is 5.32 Å². The molecule has 1 aliphatic heterocycles. The number of aliphatic hydroxyl groups is 1. The average molecular weight is 358 g/mol. The van der Waals surface area contributed by atoms with E-state index >= 15 is 0 Å². The maximum Gasteiger partial charge on any atom is 0.410 e. The molecule has 0 aromatic carbocycles. The van der Waals surface area contributed by atoms with Crippen LogP contribution in [0.4, 0.5) is 9.59 Å². The maximum absolute atomic E-state index is 12.2. The largest absolute Gasteiger partial charge is 0.444 e. The fraction of sp³-hybridized carbons (Fsp3) is 0.889. The number of hydrogen-bond donors (Lipinski definition) is 2. The minimum atomic E-state index is -0.544. The number of carbonyl (C=O) groups excluding carboxylic acids is 2. The van der Waals surface area contributed by atoms with Gasteiger partial charge in [0.1, 0.15) is 11.2 Å². The second-order valence-corrected chi connectivity index (χ2v) is 8.63. The van der Waals surface area contributed by atoms with Gasteiger partial charge in [-0.3, -0.25) is 0 Å². The molecule has 2 N–H and O–H groups in total. The Kier molecular flexibility index (Phi) is 7.53. The first kappa shape index (κ1) is 21.5. The Labute approximate surface area is 151 Å². The summed E-state index contributed by atoms with van der Waals surface area (Å²) in [4.78, 5) is 25.8. The van der Waals surface area contributed by atoms with Crippen molar-refractivity contribution in [2.24, 2.45) is 11.8 Å². The number of aliphatic hydroxyl groups excluding tert-OH is 1. The van der Waals surface area contributed by atoms with Crippen LogP contribution < -0.4 is 5.32 Å². The molecule has 2 amide bonds. The third kappa shape index (κ3) is 8.43.